The molecule has 0 radical (unpaired) electrons. The Kier molecular flexibility index (Phi) is 6.69. The molecule has 0 spiro atoms. The maximum absolute atomic E-state index is 14.0. The number of hydrogen-bond acceptors (Lipinski definition) is 4. The smallest absolute Gasteiger partial charge is 0.303 e. The number of benzene rings is 3. The molecular weight excluding hydrogens is 519 g/mol. The van der Waals surface area contributed by atoms with E-state index < -0.39 is 27.5 Å². The number of aliphatic carboxylic acids is 1. The van der Waals surface area contributed by atoms with Crippen LogP contribution in [0.5, 0.6) is 0 Å². The number of aryl methyl sites for hydroxylation is 2. The summed E-state index contributed by atoms with van der Waals surface area (Å²) in [5.74, 6) is -1.91. The highest BCUT2D eigenvalue weighted by atomic mass is 32.2. The van der Waals surface area contributed by atoms with Crippen LogP contribution in [0.1, 0.15) is 34.5 Å². The molecule has 0 saturated carbocycles. The lowest BCUT2D eigenvalue weighted by Gasteiger charge is -2.10. The van der Waals surface area contributed by atoms with Crippen LogP contribution in [0.4, 0.5) is 10.1 Å². The number of anilines is 1. The van der Waals surface area contributed by atoms with Crippen molar-refractivity contribution in [3.8, 4) is 11.1 Å². The molecule has 2 heterocycles. The minimum Gasteiger partial charge on any atom is -0.481 e. The highest BCUT2D eigenvalue weighted by molar-refractivity contribution is 7.91. The van der Waals surface area contributed by atoms with Gasteiger partial charge in [0.2, 0.25) is 9.84 Å². The molecule has 5 rings (SSSR count). The lowest BCUT2D eigenvalue weighted by molar-refractivity contribution is -0.137. The van der Waals surface area contributed by atoms with Crippen molar-refractivity contribution in [2.75, 3.05) is 5.32 Å². The van der Waals surface area contributed by atoms with Crippen LogP contribution in [-0.4, -0.2) is 30.4 Å². The third kappa shape index (κ3) is 4.88. The summed E-state index contributed by atoms with van der Waals surface area (Å²) in [7, 11) is -4.00. The maximum Gasteiger partial charge on any atom is 0.303 e. The molecule has 39 heavy (non-hydrogen) atoms. The van der Waals surface area contributed by atoms with Gasteiger partial charge in [-0.3, -0.25) is 9.59 Å². The SMILES string of the molecule is Cc1ccc(S(=O)(=O)c2c(C)[nH]c(C=C3C(=O)Nc4cccc(-c5cccc(F)c5)c43)c2CCC(=O)O)cc1. The van der Waals surface area contributed by atoms with Gasteiger partial charge in [0.25, 0.3) is 5.91 Å². The van der Waals surface area contributed by atoms with Crippen LogP contribution in [-0.2, 0) is 25.8 Å². The van der Waals surface area contributed by atoms with Crippen LogP contribution in [0.3, 0.4) is 0 Å². The van der Waals surface area contributed by atoms with Gasteiger partial charge in [0.1, 0.15) is 5.82 Å². The summed E-state index contributed by atoms with van der Waals surface area (Å²) in [6.07, 6.45) is 1.17. The summed E-state index contributed by atoms with van der Waals surface area (Å²) < 4.78 is 41.5. The molecule has 3 N–H and O–H groups in total. The number of carbonyl (C=O) groups excluding carboxylic acids is 1. The molecule has 7 nitrogen and oxygen atoms in total. The number of aromatic amines is 1. The van der Waals surface area contributed by atoms with Gasteiger partial charge in [0, 0.05) is 29.1 Å². The number of halogens is 1. The topological polar surface area (TPSA) is 116 Å². The average Bonchev–Trinajstić information content (AvgIpc) is 3.38. The monoisotopic (exact) mass is 544 g/mol. The van der Waals surface area contributed by atoms with Gasteiger partial charge < -0.3 is 15.4 Å². The van der Waals surface area contributed by atoms with Gasteiger partial charge in [-0.05, 0) is 73.4 Å². The molecule has 0 aliphatic carbocycles. The van der Waals surface area contributed by atoms with Crippen molar-refractivity contribution in [2.45, 2.75) is 36.5 Å². The van der Waals surface area contributed by atoms with Crippen molar-refractivity contribution in [3.05, 3.63) is 101 Å². The molecule has 1 aliphatic rings. The number of H-pyrrole nitrogens is 1. The first-order chi connectivity index (χ1) is 18.6. The Balaban J connectivity index is 1.70. The highest BCUT2D eigenvalue weighted by Gasteiger charge is 2.31. The van der Waals surface area contributed by atoms with Gasteiger partial charge in [-0.15, -0.1) is 0 Å². The lowest BCUT2D eigenvalue weighted by atomic mass is 9.94. The molecule has 0 unspecified atom stereocenters. The van der Waals surface area contributed by atoms with Crippen LogP contribution in [0.25, 0.3) is 22.8 Å². The second-order valence-corrected chi connectivity index (χ2v) is 11.3. The Labute approximate surface area is 224 Å². The zero-order chi connectivity index (χ0) is 27.9. The van der Waals surface area contributed by atoms with Crippen molar-refractivity contribution < 1.29 is 27.5 Å². The summed E-state index contributed by atoms with van der Waals surface area (Å²) in [4.78, 5) is 27.8. The van der Waals surface area contributed by atoms with Crippen molar-refractivity contribution in [1.29, 1.82) is 0 Å². The molecule has 4 aromatic rings. The third-order valence-corrected chi connectivity index (χ3v) is 8.68. The molecule has 1 aromatic heterocycles. The molecule has 0 saturated heterocycles. The fraction of sp³-hybridized carbons (Fsp3) is 0.133. The summed E-state index contributed by atoms with van der Waals surface area (Å²) in [6.45, 7) is 3.46. The van der Waals surface area contributed by atoms with Gasteiger partial charge in [0.05, 0.1) is 15.4 Å². The second-order valence-electron chi connectivity index (χ2n) is 9.43. The Morgan fingerprint density at radius 1 is 1.03 bits per heavy atom. The zero-order valence-corrected chi connectivity index (χ0v) is 22.0. The van der Waals surface area contributed by atoms with Crippen LogP contribution >= 0.6 is 0 Å². The highest BCUT2D eigenvalue weighted by Crippen LogP contribution is 2.41. The minimum atomic E-state index is -4.00. The van der Waals surface area contributed by atoms with Gasteiger partial charge in [-0.25, -0.2) is 12.8 Å². The average molecular weight is 545 g/mol. The molecule has 0 atom stereocenters. The van der Waals surface area contributed by atoms with E-state index in [2.05, 4.69) is 10.3 Å². The number of carbonyl (C=O) groups is 2. The van der Waals surface area contributed by atoms with E-state index in [0.717, 1.165) is 5.56 Å². The van der Waals surface area contributed by atoms with Gasteiger partial charge >= 0.3 is 5.97 Å². The van der Waals surface area contributed by atoms with Gasteiger partial charge in [0.15, 0.2) is 0 Å². The van der Waals surface area contributed by atoms with Crippen molar-refractivity contribution in [3.63, 3.8) is 0 Å². The van der Waals surface area contributed by atoms with E-state index in [1.807, 2.05) is 6.92 Å². The van der Waals surface area contributed by atoms with Crippen molar-refractivity contribution >= 4 is 39.1 Å². The molecule has 198 valence electrons. The number of amides is 1. The van der Waals surface area contributed by atoms with Crippen LogP contribution in [0.2, 0.25) is 0 Å². The number of rotatable bonds is 7. The number of carboxylic acids is 1. The molecule has 1 amide bonds. The molecule has 0 bridgehead atoms. The van der Waals surface area contributed by atoms with Crippen molar-refractivity contribution in [2.24, 2.45) is 0 Å². The van der Waals surface area contributed by atoms with Crippen molar-refractivity contribution in [1.82, 2.24) is 4.98 Å². The zero-order valence-electron chi connectivity index (χ0n) is 21.2. The van der Waals surface area contributed by atoms with E-state index >= 15 is 0 Å². The first kappa shape index (κ1) is 26.1. The molecule has 9 heteroatoms. The Morgan fingerprint density at radius 3 is 2.44 bits per heavy atom. The predicted octanol–water partition coefficient (Wildman–Crippen LogP) is 5.78. The predicted molar refractivity (Wildman–Crippen MR) is 146 cm³/mol. The number of nitrogens with one attached hydrogen (secondary N) is 2. The quantitative estimate of drug-likeness (QED) is 0.255. The van der Waals surface area contributed by atoms with E-state index in [-0.39, 0.29) is 33.8 Å². The van der Waals surface area contributed by atoms with E-state index in [1.165, 1.54) is 24.3 Å². The summed E-state index contributed by atoms with van der Waals surface area (Å²) >= 11 is 0. The molecule has 1 aliphatic heterocycles. The minimum absolute atomic E-state index is 0.00324. The molecule has 0 fully saturated rings. The van der Waals surface area contributed by atoms with E-state index in [1.54, 1.807) is 55.5 Å². The normalized spacial score (nSPS) is 13.9. The molecular formula is C30H25FN2O5S. The Bertz CT molecular complexity index is 1770. The second kappa shape index (κ2) is 9.99. The van der Waals surface area contributed by atoms with Crippen LogP contribution < -0.4 is 5.32 Å². The standard InChI is InChI=1S/C30H25FN2O5S/c1-17-9-11-21(12-10-17)39(37,38)29-18(2)32-26(23(29)13-14-27(34)35)16-24-28-22(19-5-3-6-20(31)15-19)7-4-8-25(28)33-30(24)36/h3-12,15-16,32H,13-14H2,1-2H3,(H,33,36)(H,34,35). The number of aromatic nitrogens is 1. The van der Waals surface area contributed by atoms with Gasteiger partial charge in [-0.1, -0.05) is 42.0 Å². The largest absolute Gasteiger partial charge is 0.481 e. The maximum atomic E-state index is 14.0. The fourth-order valence-electron chi connectivity index (χ4n) is 4.91. The van der Waals surface area contributed by atoms with Crippen LogP contribution in [0.15, 0.2) is 76.5 Å². The first-order valence-electron chi connectivity index (χ1n) is 12.2. The Hall–Kier alpha value is -4.50. The first-order valence-corrected chi connectivity index (χ1v) is 13.7. The lowest BCUT2D eigenvalue weighted by Crippen LogP contribution is -2.08. The third-order valence-electron chi connectivity index (χ3n) is 6.70. The number of fused-ring (bicyclic) bond motifs is 1. The summed E-state index contributed by atoms with van der Waals surface area (Å²) in [5, 5.41) is 12.2. The summed E-state index contributed by atoms with van der Waals surface area (Å²) in [6, 6.07) is 17.7. The van der Waals surface area contributed by atoms with Crippen LogP contribution in [0, 0.1) is 19.7 Å². The van der Waals surface area contributed by atoms with E-state index in [4.69, 9.17) is 0 Å². The van der Waals surface area contributed by atoms with E-state index in [9.17, 15) is 27.5 Å². The van der Waals surface area contributed by atoms with Gasteiger partial charge in [-0.2, -0.15) is 0 Å². The number of carboxylic acid groups (broad SMARTS) is 1. The number of hydrogen-bond donors (Lipinski definition) is 3. The van der Waals surface area contributed by atoms with E-state index in [0.29, 0.717) is 33.8 Å². The number of sulfone groups is 1. The summed E-state index contributed by atoms with van der Waals surface area (Å²) in [5.41, 5.74) is 4.38. The Morgan fingerprint density at radius 2 is 1.74 bits per heavy atom. The molecule has 3 aromatic carbocycles. The fourth-order valence-corrected chi connectivity index (χ4v) is 6.63.